The van der Waals surface area contributed by atoms with E-state index in [0.29, 0.717) is 0 Å². The minimum Gasteiger partial charge on any atom is -0.316 e. The van der Waals surface area contributed by atoms with Crippen LogP contribution >= 0.6 is 0 Å². The van der Waals surface area contributed by atoms with Crippen molar-refractivity contribution in [3.05, 3.63) is 0 Å². The molecule has 2 heterocycles. The average molecular weight is 210 g/mol. The predicted octanol–water partition coefficient (Wildman–Crippen LogP) is 2.11. The molecule has 2 aliphatic heterocycles. The van der Waals surface area contributed by atoms with Gasteiger partial charge < -0.3 is 10.2 Å². The number of hydrogen-bond acceptors (Lipinski definition) is 2. The Bertz CT molecular complexity index is 185. The van der Waals surface area contributed by atoms with Crippen molar-refractivity contribution in [2.24, 2.45) is 11.8 Å². The summed E-state index contributed by atoms with van der Waals surface area (Å²) in [5.41, 5.74) is 0. The molecule has 0 aromatic rings. The normalized spacial score (nSPS) is 34.6. The van der Waals surface area contributed by atoms with Gasteiger partial charge in [-0.15, -0.1) is 0 Å². The Morgan fingerprint density at radius 2 is 1.93 bits per heavy atom. The first-order valence-electron chi connectivity index (χ1n) is 6.72. The Kier molecular flexibility index (Phi) is 4.04. The molecule has 1 N–H and O–H groups in total. The van der Waals surface area contributed by atoms with Gasteiger partial charge in [-0.05, 0) is 77.5 Å². The lowest BCUT2D eigenvalue weighted by Crippen LogP contribution is -2.32. The number of rotatable bonds is 2. The third-order valence-corrected chi connectivity index (χ3v) is 4.30. The van der Waals surface area contributed by atoms with E-state index in [1.165, 1.54) is 51.9 Å². The second kappa shape index (κ2) is 5.31. The van der Waals surface area contributed by atoms with Crippen LogP contribution in [0.3, 0.4) is 0 Å². The smallest absolute Gasteiger partial charge is 0.00385 e. The molecule has 0 radical (unpaired) electrons. The summed E-state index contributed by atoms with van der Waals surface area (Å²) < 4.78 is 0. The van der Waals surface area contributed by atoms with Crippen molar-refractivity contribution in [3.63, 3.8) is 0 Å². The molecule has 2 rings (SSSR count). The number of likely N-dealkylation sites (tertiary alicyclic amines) is 1. The first-order chi connectivity index (χ1) is 7.27. The van der Waals surface area contributed by atoms with Crippen LogP contribution in [0.5, 0.6) is 0 Å². The molecule has 0 aromatic heterocycles. The lowest BCUT2D eigenvalue weighted by Gasteiger charge is -2.25. The van der Waals surface area contributed by atoms with E-state index in [4.69, 9.17) is 0 Å². The highest BCUT2D eigenvalue weighted by Gasteiger charge is 2.27. The van der Waals surface area contributed by atoms with Gasteiger partial charge in [-0.3, -0.25) is 0 Å². The van der Waals surface area contributed by atoms with E-state index < -0.39 is 0 Å². The molecular formula is C13H26N2. The molecule has 0 aromatic carbocycles. The second-order valence-electron chi connectivity index (χ2n) is 5.57. The topological polar surface area (TPSA) is 15.3 Å². The summed E-state index contributed by atoms with van der Waals surface area (Å²) in [7, 11) is 0. The molecule has 2 aliphatic rings. The Morgan fingerprint density at radius 3 is 2.60 bits per heavy atom. The minimum absolute atomic E-state index is 0.741. The molecule has 2 saturated heterocycles. The molecule has 2 unspecified atom stereocenters. The SMILES string of the molecule is CC(C)N1CCCC(C2CCNC2)CC1. The van der Waals surface area contributed by atoms with Crippen molar-refractivity contribution in [3.8, 4) is 0 Å². The van der Waals surface area contributed by atoms with Crippen LogP contribution in [0.4, 0.5) is 0 Å². The van der Waals surface area contributed by atoms with Gasteiger partial charge in [-0.1, -0.05) is 0 Å². The Morgan fingerprint density at radius 1 is 1.07 bits per heavy atom. The fourth-order valence-corrected chi connectivity index (χ4v) is 3.21. The van der Waals surface area contributed by atoms with Crippen molar-refractivity contribution in [2.75, 3.05) is 26.2 Å². The van der Waals surface area contributed by atoms with Gasteiger partial charge in [-0.2, -0.15) is 0 Å². The van der Waals surface area contributed by atoms with Crippen molar-refractivity contribution >= 4 is 0 Å². The molecular weight excluding hydrogens is 184 g/mol. The first kappa shape index (κ1) is 11.4. The zero-order valence-electron chi connectivity index (χ0n) is 10.3. The lowest BCUT2D eigenvalue weighted by atomic mass is 9.86. The molecule has 0 spiro atoms. The third kappa shape index (κ3) is 2.94. The third-order valence-electron chi connectivity index (χ3n) is 4.30. The average Bonchev–Trinajstić information content (AvgIpc) is 2.62. The van der Waals surface area contributed by atoms with Crippen LogP contribution in [-0.2, 0) is 0 Å². The molecule has 0 bridgehead atoms. The highest BCUT2D eigenvalue weighted by molar-refractivity contribution is 4.81. The molecule has 2 nitrogen and oxygen atoms in total. The molecule has 0 amide bonds. The van der Waals surface area contributed by atoms with Crippen LogP contribution < -0.4 is 5.32 Å². The molecule has 0 saturated carbocycles. The van der Waals surface area contributed by atoms with Crippen LogP contribution in [0.2, 0.25) is 0 Å². The summed E-state index contributed by atoms with van der Waals surface area (Å²) in [5.74, 6) is 1.99. The van der Waals surface area contributed by atoms with E-state index in [1.54, 1.807) is 0 Å². The van der Waals surface area contributed by atoms with Crippen LogP contribution in [0.15, 0.2) is 0 Å². The van der Waals surface area contributed by atoms with E-state index in [1.807, 2.05) is 0 Å². The van der Waals surface area contributed by atoms with E-state index in [9.17, 15) is 0 Å². The van der Waals surface area contributed by atoms with E-state index in [0.717, 1.165) is 17.9 Å². The lowest BCUT2D eigenvalue weighted by molar-refractivity contribution is 0.222. The summed E-state index contributed by atoms with van der Waals surface area (Å²) in [6, 6.07) is 0.741. The molecule has 0 aliphatic carbocycles. The number of hydrogen-bond donors (Lipinski definition) is 1. The zero-order valence-corrected chi connectivity index (χ0v) is 10.3. The van der Waals surface area contributed by atoms with Gasteiger partial charge in [0.15, 0.2) is 0 Å². The summed E-state index contributed by atoms with van der Waals surface area (Å²) >= 11 is 0. The van der Waals surface area contributed by atoms with Crippen molar-refractivity contribution in [1.29, 1.82) is 0 Å². The van der Waals surface area contributed by atoms with Crippen LogP contribution in [0, 0.1) is 11.8 Å². The van der Waals surface area contributed by atoms with Gasteiger partial charge in [0.25, 0.3) is 0 Å². The number of nitrogens with one attached hydrogen (secondary N) is 1. The minimum atomic E-state index is 0.741. The maximum Gasteiger partial charge on any atom is 0.00385 e. The summed E-state index contributed by atoms with van der Waals surface area (Å²) in [4.78, 5) is 2.66. The molecule has 88 valence electrons. The van der Waals surface area contributed by atoms with Gasteiger partial charge in [0.2, 0.25) is 0 Å². The highest BCUT2D eigenvalue weighted by atomic mass is 15.1. The molecule has 2 atom stereocenters. The van der Waals surface area contributed by atoms with Crippen LogP contribution in [0.25, 0.3) is 0 Å². The summed E-state index contributed by atoms with van der Waals surface area (Å²) in [5, 5.41) is 3.51. The Hall–Kier alpha value is -0.0800. The standard InChI is InChI=1S/C13H26N2/c1-11(2)15-8-3-4-12(6-9-15)13-5-7-14-10-13/h11-14H,3-10H2,1-2H3. The quantitative estimate of drug-likeness (QED) is 0.751. The van der Waals surface area contributed by atoms with Crippen molar-refractivity contribution < 1.29 is 0 Å². The Balaban J connectivity index is 1.83. The van der Waals surface area contributed by atoms with Crippen LogP contribution in [-0.4, -0.2) is 37.1 Å². The fraction of sp³-hybridized carbons (Fsp3) is 1.00. The largest absolute Gasteiger partial charge is 0.316 e. The maximum absolute atomic E-state index is 3.51. The summed E-state index contributed by atoms with van der Waals surface area (Å²) in [6.07, 6.45) is 5.74. The van der Waals surface area contributed by atoms with Gasteiger partial charge in [0.05, 0.1) is 0 Å². The monoisotopic (exact) mass is 210 g/mol. The summed E-state index contributed by atoms with van der Waals surface area (Å²) in [6.45, 7) is 9.86. The zero-order chi connectivity index (χ0) is 10.7. The number of nitrogens with zero attached hydrogens (tertiary/aromatic N) is 1. The molecule has 15 heavy (non-hydrogen) atoms. The molecule has 2 heteroatoms. The first-order valence-corrected chi connectivity index (χ1v) is 6.72. The van der Waals surface area contributed by atoms with Gasteiger partial charge >= 0.3 is 0 Å². The van der Waals surface area contributed by atoms with E-state index in [2.05, 4.69) is 24.1 Å². The van der Waals surface area contributed by atoms with Gasteiger partial charge in [0.1, 0.15) is 0 Å². The Labute approximate surface area is 94.4 Å². The van der Waals surface area contributed by atoms with Crippen molar-refractivity contribution in [1.82, 2.24) is 10.2 Å². The maximum atomic E-state index is 3.51. The van der Waals surface area contributed by atoms with E-state index in [-0.39, 0.29) is 0 Å². The van der Waals surface area contributed by atoms with Gasteiger partial charge in [0, 0.05) is 6.04 Å². The fourth-order valence-electron chi connectivity index (χ4n) is 3.21. The van der Waals surface area contributed by atoms with E-state index >= 15 is 0 Å². The molecule has 2 fully saturated rings. The van der Waals surface area contributed by atoms with Crippen LogP contribution in [0.1, 0.15) is 39.5 Å². The predicted molar refractivity (Wildman–Crippen MR) is 65.0 cm³/mol. The van der Waals surface area contributed by atoms with Gasteiger partial charge in [-0.25, -0.2) is 0 Å². The second-order valence-corrected chi connectivity index (χ2v) is 5.57. The van der Waals surface area contributed by atoms with Crippen molar-refractivity contribution in [2.45, 2.75) is 45.6 Å². The highest BCUT2D eigenvalue weighted by Crippen LogP contribution is 2.29.